The van der Waals surface area contributed by atoms with Crippen LogP contribution in [0.4, 0.5) is 0 Å². The molecule has 0 aliphatic rings. The Balaban J connectivity index is 2.77. The molecule has 1 N–H and O–H groups in total. The summed E-state index contributed by atoms with van der Waals surface area (Å²) in [5, 5.41) is 15.1. The van der Waals surface area contributed by atoms with E-state index >= 15 is 0 Å². The summed E-state index contributed by atoms with van der Waals surface area (Å²) in [5.74, 6) is 0.829. The summed E-state index contributed by atoms with van der Waals surface area (Å²) < 4.78 is 6.99. The molecule has 0 unspecified atom stereocenters. The first-order chi connectivity index (χ1) is 7.47. The van der Waals surface area contributed by atoms with Crippen LogP contribution in [-0.4, -0.2) is 40.0 Å². The molecule has 1 aromatic heterocycles. The molecule has 0 aliphatic carbocycles. The van der Waals surface area contributed by atoms with E-state index in [-0.39, 0.29) is 5.54 Å². The van der Waals surface area contributed by atoms with Crippen molar-refractivity contribution >= 4 is 0 Å². The number of rotatable bonds is 6. The highest BCUT2D eigenvalue weighted by molar-refractivity contribution is 4.88. The molecular formula is C10H21N5O. The first-order valence-corrected chi connectivity index (χ1v) is 5.47. The maximum absolute atomic E-state index is 5.17. The molecule has 0 bridgehead atoms. The summed E-state index contributed by atoms with van der Waals surface area (Å²) >= 11 is 0. The SMILES string of the molecule is COCC(C)(C)n1nnnc1CNC(C)C. The number of hydrogen-bond donors (Lipinski definition) is 1. The van der Waals surface area contributed by atoms with Crippen molar-refractivity contribution in [1.29, 1.82) is 0 Å². The molecule has 0 aliphatic heterocycles. The van der Waals surface area contributed by atoms with E-state index in [1.54, 1.807) is 7.11 Å². The van der Waals surface area contributed by atoms with Gasteiger partial charge in [0.1, 0.15) is 0 Å². The van der Waals surface area contributed by atoms with Gasteiger partial charge in [0.05, 0.1) is 18.7 Å². The predicted octanol–water partition coefficient (Wildman–Crippen LogP) is 0.553. The zero-order valence-corrected chi connectivity index (χ0v) is 10.7. The van der Waals surface area contributed by atoms with Crippen molar-refractivity contribution in [3.8, 4) is 0 Å². The molecule has 92 valence electrons. The Labute approximate surface area is 96.4 Å². The van der Waals surface area contributed by atoms with E-state index in [0.29, 0.717) is 19.2 Å². The van der Waals surface area contributed by atoms with Crippen molar-refractivity contribution in [2.24, 2.45) is 0 Å². The van der Waals surface area contributed by atoms with Crippen LogP contribution in [0.25, 0.3) is 0 Å². The largest absolute Gasteiger partial charge is 0.382 e. The van der Waals surface area contributed by atoms with Crippen LogP contribution in [0, 0.1) is 0 Å². The number of ether oxygens (including phenoxy) is 1. The van der Waals surface area contributed by atoms with Crippen molar-refractivity contribution in [2.45, 2.75) is 45.8 Å². The highest BCUT2D eigenvalue weighted by Crippen LogP contribution is 2.14. The lowest BCUT2D eigenvalue weighted by molar-refractivity contribution is 0.0974. The van der Waals surface area contributed by atoms with Gasteiger partial charge in [0, 0.05) is 13.2 Å². The first-order valence-electron chi connectivity index (χ1n) is 5.47. The van der Waals surface area contributed by atoms with E-state index in [4.69, 9.17) is 4.74 Å². The minimum absolute atomic E-state index is 0.230. The third-order valence-electron chi connectivity index (χ3n) is 2.27. The molecule has 6 nitrogen and oxygen atoms in total. The number of methoxy groups -OCH3 is 1. The summed E-state index contributed by atoms with van der Waals surface area (Å²) in [7, 11) is 1.68. The van der Waals surface area contributed by atoms with Gasteiger partial charge in [-0.25, -0.2) is 4.68 Å². The molecule has 0 atom stereocenters. The second-order valence-electron chi connectivity index (χ2n) is 4.79. The smallest absolute Gasteiger partial charge is 0.165 e. The Bertz CT molecular complexity index is 321. The minimum atomic E-state index is -0.230. The Hall–Kier alpha value is -1.01. The van der Waals surface area contributed by atoms with Crippen molar-refractivity contribution < 1.29 is 4.74 Å². The third-order valence-corrected chi connectivity index (χ3v) is 2.27. The zero-order valence-electron chi connectivity index (χ0n) is 10.7. The molecule has 1 aromatic rings. The highest BCUT2D eigenvalue weighted by atomic mass is 16.5. The van der Waals surface area contributed by atoms with Gasteiger partial charge in [0.15, 0.2) is 5.82 Å². The Morgan fingerprint density at radius 3 is 2.69 bits per heavy atom. The van der Waals surface area contributed by atoms with Crippen molar-refractivity contribution in [3.05, 3.63) is 5.82 Å². The number of nitrogens with one attached hydrogen (secondary N) is 1. The number of aromatic nitrogens is 4. The van der Waals surface area contributed by atoms with Crippen LogP contribution in [0.15, 0.2) is 0 Å². The van der Waals surface area contributed by atoms with Crippen LogP contribution in [0.3, 0.4) is 0 Å². The van der Waals surface area contributed by atoms with Crippen LogP contribution < -0.4 is 5.32 Å². The fourth-order valence-electron chi connectivity index (χ4n) is 1.50. The second kappa shape index (κ2) is 5.36. The number of nitrogens with zero attached hydrogens (tertiary/aromatic N) is 4. The van der Waals surface area contributed by atoms with E-state index < -0.39 is 0 Å². The van der Waals surface area contributed by atoms with Crippen molar-refractivity contribution in [2.75, 3.05) is 13.7 Å². The summed E-state index contributed by atoms with van der Waals surface area (Å²) in [6, 6.07) is 0.413. The summed E-state index contributed by atoms with van der Waals surface area (Å²) in [6.45, 7) is 9.52. The summed E-state index contributed by atoms with van der Waals surface area (Å²) in [4.78, 5) is 0. The van der Waals surface area contributed by atoms with Gasteiger partial charge in [-0.15, -0.1) is 5.10 Å². The lowest BCUT2D eigenvalue weighted by atomic mass is 10.1. The molecule has 0 aromatic carbocycles. The fourth-order valence-corrected chi connectivity index (χ4v) is 1.50. The maximum atomic E-state index is 5.17. The van der Waals surface area contributed by atoms with E-state index in [2.05, 4.69) is 34.7 Å². The molecule has 1 heterocycles. The van der Waals surface area contributed by atoms with E-state index in [9.17, 15) is 0 Å². The summed E-state index contributed by atoms with van der Waals surface area (Å²) in [6.07, 6.45) is 0. The molecule has 0 amide bonds. The normalized spacial score (nSPS) is 12.4. The zero-order chi connectivity index (χ0) is 12.2. The standard InChI is InChI=1S/C10H21N5O/c1-8(2)11-6-9-12-13-14-15(9)10(3,4)7-16-5/h8,11H,6-7H2,1-5H3. The maximum Gasteiger partial charge on any atom is 0.165 e. The molecule has 0 saturated heterocycles. The molecule has 16 heavy (non-hydrogen) atoms. The predicted molar refractivity (Wildman–Crippen MR) is 61.0 cm³/mol. The highest BCUT2D eigenvalue weighted by Gasteiger charge is 2.25. The van der Waals surface area contributed by atoms with Crippen molar-refractivity contribution in [1.82, 2.24) is 25.5 Å². The molecule has 1 rings (SSSR count). The van der Waals surface area contributed by atoms with E-state index in [1.165, 1.54) is 0 Å². The fraction of sp³-hybridized carbons (Fsp3) is 0.900. The molecule has 0 saturated carbocycles. The van der Waals surface area contributed by atoms with E-state index in [1.807, 2.05) is 18.5 Å². The number of hydrogen-bond acceptors (Lipinski definition) is 5. The Kier molecular flexibility index (Phi) is 4.37. The van der Waals surface area contributed by atoms with Crippen LogP contribution in [0.2, 0.25) is 0 Å². The molecule has 0 radical (unpaired) electrons. The Morgan fingerprint density at radius 1 is 1.44 bits per heavy atom. The van der Waals surface area contributed by atoms with Gasteiger partial charge >= 0.3 is 0 Å². The molecular weight excluding hydrogens is 206 g/mol. The molecule has 6 heteroatoms. The van der Waals surface area contributed by atoms with E-state index in [0.717, 1.165) is 5.82 Å². The van der Waals surface area contributed by atoms with Gasteiger partial charge in [-0.2, -0.15) is 0 Å². The van der Waals surface area contributed by atoms with Crippen molar-refractivity contribution in [3.63, 3.8) is 0 Å². The lowest BCUT2D eigenvalue weighted by Crippen LogP contribution is -2.36. The van der Waals surface area contributed by atoms with Gasteiger partial charge in [-0.05, 0) is 24.3 Å². The molecule has 0 spiro atoms. The average molecular weight is 227 g/mol. The van der Waals surface area contributed by atoms with Crippen LogP contribution in [0.1, 0.15) is 33.5 Å². The van der Waals surface area contributed by atoms with Crippen LogP contribution in [-0.2, 0) is 16.8 Å². The van der Waals surface area contributed by atoms with Crippen LogP contribution in [0.5, 0.6) is 0 Å². The topological polar surface area (TPSA) is 64.9 Å². The monoisotopic (exact) mass is 227 g/mol. The van der Waals surface area contributed by atoms with Gasteiger partial charge in [-0.1, -0.05) is 13.8 Å². The van der Waals surface area contributed by atoms with Crippen LogP contribution >= 0.6 is 0 Å². The minimum Gasteiger partial charge on any atom is -0.382 e. The molecule has 0 fully saturated rings. The van der Waals surface area contributed by atoms with Gasteiger partial charge in [0.25, 0.3) is 0 Å². The summed E-state index contributed by atoms with van der Waals surface area (Å²) in [5.41, 5.74) is -0.230. The van der Waals surface area contributed by atoms with Gasteiger partial charge < -0.3 is 10.1 Å². The van der Waals surface area contributed by atoms with Gasteiger partial charge in [-0.3, -0.25) is 0 Å². The first kappa shape index (κ1) is 13.1. The third kappa shape index (κ3) is 3.24. The second-order valence-corrected chi connectivity index (χ2v) is 4.79. The average Bonchev–Trinajstić information content (AvgIpc) is 2.62. The van der Waals surface area contributed by atoms with Gasteiger partial charge in [0.2, 0.25) is 0 Å². The Morgan fingerprint density at radius 2 is 2.12 bits per heavy atom. The number of tetrazole rings is 1. The lowest BCUT2D eigenvalue weighted by Gasteiger charge is -2.24. The quantitative estimate of drug-likeness (QED) is 0.769.